The van der Waals surface area contributed by atoms with Crippen molar-refractivity contribution in [3.8, 4) is 5.75 Å². The average molecular weight is 288 g/mol. The Labute approximate surface area is 121 Å². The fraction of sp³-hybridized carbons (Fsp3) is 0.333. The van der Waals surface area contributed by atoms with Crippen molar-refractivity contribution in [2.24, 2.45) is 0 Å². The number of aromatic nitrogens is 1. The Kier molecular flexibility index (Phi) is 3.62. The first-order valence-corrected chi connectivity index (χ1v) is 6.70. The Morgan fingerprint density at radius 2 is 2.33 bits per heavy atom. The molecule has 6 nitrogen and oxygen atoms in total. The Balaban J connectivity index is 2.11. The van der Waals surface area contributed by atoms with E-state index in [9.17, 15) is 9.90 Å². The minimum atomic E-state index is -0.906. The SMILES string of the molecule is COc1ccc2ccnc(N3CCOCC3C(=O)O)c2c1. The van der Waals surface area contributed by atoms with E-state index in [4.69, 9.17) is 9.47 Å². The van der Waals surface area contributed by atoms with Crippen molar-refractivity contribution in [2.75, 3.05) is 31.8 Å². The first-order chi connectivity index (χ1) is 10.2. The van der Waals surface area contributed by atoms with Gasteiger partial charge in [-0.2, -0.15) is 0 Å². The number of hydrogen-bond acceptors (Lipinski definition) is 5. The molecule has 1 N–H and O–H groups in total. The van der Waals surface area contributed by atoms with Gasteiger partial charge in [-0.1, -0.05) is 6.07 Å². The maximum atomic E-state index is 11.4. The highest BCUT2D eigenvalue weighted by atomic mass is 16.5. The highest BCUT2D eigenvalue weighted by Gasteiger charge is 2.31. The summed E-state index contributed by atoms with van der Waals surface area (Å²) in [4.78, 5) is 17.6. The average Bonchev–Trinajstić information content (AvgIpc) is 2.53. The van der Waals surface area contributed by atoms with Crippen LogP contribution in [0.2, 0.25) is 0 Å². The second-order valence-corrected chi connectivity index (χ2v) is 4.84. The molecule has 0 saturated carbocycles. The summed E-state index contributed by atoms with van der Waals surface area (Å²) in [5.74, 6) is 0.468. The van der Waals surface area contributed by atoms with Gasteiger partial charge in [0.1, 0.15) is 11.6 Å². The molecule has 1 aliphatic rings. The molecule has 1 aromatic heterocycles. The number of carbonyl (C=O) groups is 1. The van der Waals surface area contributed by atoms with Crippen LogP contribution in [0.4, 0.5) is 5.82 Å². The van der Waals surface area contributed by atoms with Gasteiger partial charge in [-0.3, -0.25) is 0 Å². The van der Waals surface area contributed by atoms with Crippen molar-refractivity contribution in [1.29, 1.82) is 0 Å². The largest absolute Gasteiger partial charge is 0.497 e. The summed E-state index contributed by atoms with van der Waals surface area (Å²) in [5.41, 5.74) is 0. The van der Waals surface area contributed by atoms with Crippen LogP contribution in [0.5, 0.6) is 5.75 Å². The van der Waals surface area contributed by atoms with Gasteiger partial charge in [-0.05, 0) is 23.6 Å². The predicted octanol–water partition coefficient (Wildman–Crippen LogP) is 1.53. The Morgan fingerprint density at radius 1 is 1.48 bits per heavy atom. The summed E-state index contributed by atoms with van der Waals surface area (Å²) < 4.78 is 10.5. The third-order valence-electron chi connectivity index (χ3n) is 3.64. The number of fused-ring (bicyclic) bond motifs is 1. The minimum absolute atomic E-state index is 0.164. The smallest absolute Gasteiger partial charge is 0.328 e. The van der Waals surface area contributed by atoms with Gasteiger partial charge < -0.3 is 19.5 Å². The number of methoxy groups -OCH3 is 1. The van der Waals surface area contributed by atoms with Crippen molar-refractivity contribution < 1.29 is 19.4 Å². The molecule has 3 rings (SSSR count). The van der Waals surface area contributed by atoms with Gasteiger partial charge in [0.25, 0.3) is 0 Å². The van der Waals surface area contributed by atoms with Gasteiger partial charge in [-0.25, -0.2) is 9.78 Å². The third-order valence-corrected chi connectivity index (χ3v) is 3.64. The van der Waals surface area contributed by atoms with Gasteiger partial charge in [0, 0.05) is 18.1 Å². The van der Waals surface area contributed by atoms with E-state index in [2.05, 4.69) is 4.98 Å². The molecular formula is C15H16N2O4. The lowest BCUT2D eigenvalue weighted by Gasteiger charge is -2.34. The molecule has 1 aliphatic heterocycles. The highest BCUT2D eigenvalue weighted by Crippen LogP contribution is 2.30. The van der Waals surface area contributed by atoms with Crippen molar-refractivity contribution in [3.63, 3.8) is 0 Å². The number of carboxylic acids is 1. The van der Waals surface area contributed by atoms with Crippen molar-refractivity contribution in [2.45, 2.75) is 6.04 Å². The number of anilines is 1. The summed E-state index contributed by atoms with van der Waals surface area (Å²) in [7, 11) is 1.60. The molecule has 1 aromatic carbocycles. The second kappa shape index (κ2) is 5.57. The maximum Gasteiger partial charge on any atom is 0.328 e. The van der Waals surface area contributed by atoms with Crippen LogP contribution >= 0.6 is 0 Å². The Hall–Kier alpha value is -2.34. The molecular weight excluding hydrogens is 272 g/mol. The zero-order chi connectivity index (χ0) is 14.8. The molecule has 0 aliphatic carbocycles. The number of rotatable bonds is 3. The topological polar surface area (TPSA) is 71.9 Å². The van der Waals surface area contributed by atoms with Crippen LogP contribution in [-0.2, 0) is 9.53 Å². The molecule has 0 spiro atoms. The van der Waals surface area contributed by atoms with Crippen LogP contribution in [0.15, 0.2) is 30.5 Å². The van der Waals surface area contributed by atoms with E-state index >= 15 is 0 Å². The van der Waals surface area contributed by atoms with E-state index in [1.165, 1.54) is 0 Å². The second-order valence-electron chi connectivity index (χ2n) is 4.84. The molecule has 110 valence electrons. The third kappa shape index (κ3) is 2.50. The van der Waals surface area contributed by atoms with E-state index in [-0.39, 0.29) is 6.61 Å². The first-order valence-electron chi connectivity index (χ1n) is 6.70. The van der Waals surface area contributed by atoms with E-state index < -0.39 is 12.0 Å². The lowest BCUT2D eigenvalue weighted by molar-refractivity contribution is -0.141. The number of pyridine rings is 1. The number of morpholine rings is 1. The molecule has 0 bridgehead atoms. The fourth-order valence-electron chi connectivity index (χ4n) is 2.55. The summed E-state index contributed by atoms with van der Waals surface area (Å²) in [6.45, 7) is 1.16. The van der Waals surface area contributed by atoms with Crippen LogP contribution in [0, 0.1) is 0 Å². The van der Waals surface area contributed by atoms with Crippen LogP contribution < -0.4 is 9.64 Å². The van der Waals surface area contributed by atoms with Crippen LogP contribution in [0.3, 0.4) is 0 Å². The number of ether oxygens (including phenoxy) is 2. The minimum Gasteiger partial charge on any atom is -0.497 e. The molecule has 0 amide bonds. The van der Waals surface area contributed by atoms with E-state index in [0.717, 1.165) is 16.5 Å². The number of carboxylic acid groups (broad SMARTS) is 1. The van der Waals surface area contributed by atoms with Crippen molar-refractivity contribution in [3.05, 3.63) is 30.5 Å². The Bertz CT molecular complexity index is 674. The normalized spacial score (nSPS) is 18.7. The lowest BCUT2D eigenvalue weighted by atomic mass is 10.1. The molecule has 0 radical (unpaired) electrons. The van der Waals surface area contributed by atoms with Gasteiger partial charge >= 0.3 is 5.97 Å². The molecule has 6 heteroatoms. The summed E-state index contributed by atoms with van der Waals surface area (Å²) in [5, 5.41) is 11.2. The van der Waals surface area contributed by atoms with E-state index in [1.54, 1.807) is 18.2 Å². The van der Waals surface area contributed by atoms with E-state index in [0.29, 0.717) is 19.0 Å². The zero-order valence-corrected chi connectivity index (χ0v) is 11.7. The molecule has 1 saturated heterocycles. The van der Waals surface area contributed by atoms with Crippen molar-refractivity contribution in [1.82, 2.24) is 4.98 Å². The monoisotopic (exact) mass is 288 g/mol. The van der Waals surface area contributed by atoms with E-state index in [1.807, 2.05) is 24.3 Å². The van der Waals surface area contributed by atoms with Gasteiger partial charge in [0.2, 0.25) is 0 Å². The van der Waals surface area contributed by atoms with Crippen LogP contribution in [0.1, 0.15) is 0 Å². The maximum absolute atomic E-state index is 11.4. The zero-order valence-electron chi connectivity index (χ0n) is 11.7. The fourth-order valence-corrected chi connectivity index (χ4v) is 2.55. The number of benzene rings is 1. The van der Waals surface area contributed by atoms with Crippen LogP contribution in [-0.4, -0.2) is 49.0 Å². The molecule has 1 fully saturated rings. The molecule has 2 heterocycles. The molecule has 2 aromatic rings. The molecule has 21 heavy (non-hydrogen) atoms. The highest BCUT2D eigenvalue weighted by molar-refractivity contribution is 5.94. The number of hydrogen-bond donors (Lipinski definition) is 1. The number of aliphatic carboxylic acids is 1. The molecule has 1 unspecified atom stereocenters. The van der Waals surface area contributed by atoms with Gasteiger partial charge in [0.05, 0.1) is 20.3 Å². The Morgan fingerprint density at radius 3 is 3.10 bits per heavy atom. The quantitative estimate of drug-likeness (QED) is 0.923. The number of nitrogens with zero attached hydrogens (tertiary/aromatic N) is 2. The van der Waals surface area contributed by atoms with Gasteiger partial charge in [0.15, 0.2) is 6.04 Å². The van der Waals surface area contributed by atoms with Crippen LogP contribution in [0.25, 0.3) is 10.8 Å². The van der Waals surface area contributed by atoms with Crippen molar-refractivity contribution >= 4 is 22.6 Å². The summed E-state index contributed by atoms with van der Waals surface area (Å²) in [6.07, 6.45) is 1.69. The summed E-state index contributed by atoms with van der Waals surface area (Å²) in [6, 6.07) is 6.87. The summed E-state index contributed by atoms with van der Waals surface area (Å²) >= 11 is 0. The molecule has 1 atom stereocenters. The standard InChI is InChI=1S/C15H16N2O4/c1-20-11-3-2-10-4-5-16-14(12(10)8-11)17-6-7-21-9-13(17)15(18)19/h2-5,8,13H,6-7,9H2,1H3,(H,18,19). The van der Waals surface area contributed by atoms with Gasteiger partial charge in [-0.15, -0.1) is 0 Å². The lowest BCUT2D eigenvalue weighted by Crippen LogP contribution is -2.50. The first kappa shape index (κ1) is 13.6. The predicted molar refractivity (Wildman–Crippen MR) is 77.9 cm³/mol.